The van der Waals surface area contributed by atoms with E-state index in [0.717, 1.165) is 5.02 Å². The highest BCUT2D eigenvalue weighted by molar-refractivity contribution is 7.07. The van der Waals surface area contributed by atoms with Crippen LogP contribution in [-0.4, -0.2) is 9.76 Å². The average Bonchev–Trinajstić information content (AvgIpc) is 2.84. The molecule has 0 saturated carbocycles. The molecule has 2 rings (SSSR count). The van der Waals surface area contributed by atoms with E-state index in [4.69, 9.17) is 46.4 Å². The molecule has 0 aliphatic rings. The number of thiophene rings is 1. The van der Waals surface area contributed by atoms with Gasteiger partial charge in [-0.15, -0.1) is 0 Å². The fourth-order valence-electron chi connectivity index (χ4n) is 0.912. The Morgan fingerprint density at radius 1 is 1.15 bits per heavy atom. The second-order valence-electron chi connectivity index (χ2n) is 3.23. The highest BCUT2D eigenvalue weighted by atomic mass is 127. The molecule has 0 atom stereocenters. The molecule has 2 aromatic rings. The molecule has 1 aromatic heterocycles. The first-order chi connectivity index (χ1) is 9.29. The fraction of sp³-hybridized carbons (Fsp3) is 0.0833. The molecule has 0 radical (unpaired) electrons. The lowest BCUT2D eigenvalue weighted by molar-refractivity contribution is -0.591. The van der Waals surface area contributed by atoms with Gasteiger partial charge in [-0.25, -0.2) is 0 Å². The predicted molar refractivity (Wildman–Crippen MR) is 78.5 cm³/mol. The highest BCUT2D eigenvalue weighted by Gasteiger charge is 2.20. The minimum absolute atomic E-state index is 0.0134. The van der Waals surface area contributed by atoms with Crippen molar-refractivity contribution < 1.29 is 31.1 Å². The van der Waals surface area contributed by atoms with Crippen molar-refractivity contribution in [1.82, 2.24) is 0 Å². The lowest BCUT2D eigenvalue weighted by atomic mass is 10.4. The largest absolute Gasteiger partial charge is 0.545 e. The Hall–Kier alpha value is 0.280. The lowest BCUT2D eigenvalue weighted by Gasteiger charge is -2.09. The summed E-state index contributed by atoms with van der Waals surface area (Å²) in [6.07, 6.45) is 0. The molecule has 1 heterocycles. The smallest absolute Gasteiger partial charge is 0.369 e. The summed E-state index contributed by atoms with van der Waals surface area (Å²) >= 11 is 21.9. The van der Waals surface area contributed by atoms with E-state index in [2.05, 4.69) is 29.6 Å². The molecule has 0 saturated heterocycles. The summed E-state index contributed by atoms with van der Waals surface area (Å²) < 4.78 is 0.645. The Kier molecular flexibility index (Phi) is 7.93. The number of rotatable bonds is 2. The van der Waals surface area contributed by atoms with Crippen molar-refractivity contribution >= 4 is 63.7 Å². The van der Waals surface area contributed by atoms with E-state index in [1.54, 1.807) is 0 Å². The number of carbonyl (C=O) groups is 1. The molecule has 2 nitrogen and oxygen atoms in total. The first-order valence-electron chi connectivity index (χ1n) is 5.01. The maximum Gasteiger partial charge on any atom is 0.369 e. The van der Waals surface area contributed by atoms with Crippen molar-refractivity contribution in [2.45, 2.75) is 3.79 Å². The number of carboxylic acids is 1. The van der Waals surface area contributed by atoms with Crippen LogP contribution in [0.4, 0.5) is 0 Å². The van der Waals surface area contributed by atoms with Crippen LogP contribution in [0.5, 0.6) is 0 Å². The number of hydrogen-bond acceptors (Lipinski definition) is 3. The molecule has 0 aliphatic heterocycles. The summed E-state index contributed by atoms with van der Waals surface area (Å²) in [6, 6.07) is 12.5. The number of benzene rings is 1. The van der Waals surface area contributed by atoms with Gasteiger partial charge >= 0.3 is 21.2 Å². The quantitative estimate of drug-likeness (QED) is 0.464. The van der Waals surface area contributed by atoms with Gasteiger partial charge in [-0.3, -0.25) is 0 Å². The third-order valence-electron chi connectivity index (χ3n) is 1.72. The van der Waals surface area contributed by atoms with Crippen LogP contribution in [0.2, 0.25) is 5.02 Å². The summed E-state index contributed by atoms with van der Waals surface area (Å²) in [4.78, 5) is 9.51. The maximum absolute atomic E-state index is 9.51. The van der Waals surface area contributed by atoms with Crippen LogP contribution in [0, 0.1) is 6.45 Å². The molecular weight excluding hydrogens is 477 g/mol. The van der Waals surface area contributed by atoms with Crippen molar-refractivity contribution in [3.8, 4) is 0 Å². The van der Waals surface area contributed by atoms with Crippen LogP contribution in [0.1, 0.15) is 0 Å². The summed E-state index contributed by atoms with van der Waals surface area (Å²) in [7, 11) is 0. The molecule has 8 heteroatoms. The summed E-state index contributed by atoms with van der Waals surface area (Å²) in [5, 5.41) is 12.5. The van der Waals surface area contributed by atoms with Crippen LogP contribution in [0.15, 0.2) is 41.8 Å². The van der Waals surface area contributed by atoms with Gasteiger partial charge in [0.05, 0.1) is 5.97 Å². The standard InChI is InChI=1S/C10H7ClIS.C2HCl3O2/c11-8-3-5-9(6-4-8)12-10-2-1-7-13-10;3-2(4,5)1(6)7/h1-7H;(H,6,7)/q+1;/p-1. The topological polar surface area (TPSA) is 40.1 Å². The number of alkyl halides is 3. The van der Waals surface area contributed by atoms with E-state index >= 15 is 0 Å². The van der Waals surface area contributed by atoms with E-state index in [9.17, 15) is 9.90 Å². The third kappa shape index (κ3) is 7.33. The maximum atomic E-state index is 9.51. The van der Waals surface area contributed by atoms with Crippen molar-refractivity contribution in [3.63, 3.8) is 0 Å². The van der Waals surface area contributed by atoms with E-state index in [1.807, 2.05) is 23.5 Å². The molecule has 20 heavy (non-hydrogen) atoms. The van der Waals surface area contributed by atoms with Crippen LogP contribution in [0.25, 0.3) is 0 Å². The van der Waals surface area contributed by atoms with Crippen LogP contribution in [0.3, 0.4) is 0 Å². The summed E-state index contributed by atoms with van der Waals surface area (Å²) in [5.41, 5.74) is 0. The molecule has 0 unspecified atom stereocenters. The first kappa shape index (κ1) is 18.3. The van der Waals surface area contributed by atoms with Crippen LogP contribution >= 0.6 is 57.7 Å². The van der Waals surface area contributed by atoms with E-state index in [-0.39, 0.29) is 21.2 Å². The van der Waals surface area contributed by atoms with Gasteiger partial charge in [0.2, 0.25) is 6.68 Å². The zero-order valence-corrected chi connectivity index (χ0v) is 15.7. The Balaban J connectivity index is 0.000000246. The van der Waals surface area contributed by atoms with Crippen LogP contribution in [-0.2, 0) is 4.79 Å². The number of carbonyl (C=O) groups excluding carboxylic acids is 1. The molecule has 0 aliphatic carbocycles. The van der Waals surface area contributed by atoms with Gasteiger partial charge in [0.25, 0.3) is 0 Å². The Morgan fingerprint density at radius 3 is 2.10 bits per heavy atom. The van der Waals surface area contributed by atoms with Crippen molar-refractivity contribution in [2.75, 3.05) is 0 Å². The van der Waals surface area contributed by atoms with Gasteiger partial charge in [0, 0.05) is 11.1 Å². The number of aliphatic carboxylic acids is 1. The van der Waals surface area contributed by atoms with Gasteiger partial charge < -0.3 is 9.90 Å². The average molecular weight is 484 g/mol. The lowest BCUT2D eigenvalue weighted by Crippen LogP contribution is -3.61. The fourth-order valence-corrected chi connectivity index (χ4v) is 4.67. The predicted octanol–water partition coefficient (Wildman–Crippen LogP) is 0.636. The SMILES string of the molecule is Clc1ccc([I+]c2cccs2)cc1.O=C([O-])C(Cl)(Cl)Cl. The minimum Gasteiger partial charge on any atom is -0.545 e. The van der Waals surface area contributed by atoms with Gasteiger partial charge in [-0.2, -0.15) is 0 Å². The van der Waals surface area contributed by atoms with Crippen LogP contribution < -0.4 is 26.3 Å². The number of halogens is 5. The molecular formula is C12H7Cl4IO2S. The zero-order chi connectivity index (χ0) is 15.2. The molecule has 1 aromatic carbocycles. The highest BCUT2D eigenvalue weighted by Crippen LogP contribution is 2.24. The van der Waals surface area contributed by atoms with E-state index in [0.29, 0.717) is 0 Å². The van der Waals surface area contributed by atoms with Gasteiger partial charge in [-0.1, -0.05) is 57.7 Å². The Morgan fingerprint density at radius 2 is 1.70 bits per heavy atom. The zero-order valence-electron chi connectivity index (χ0n) is 9.66. The van der Waals surface area contributed by atoms with E-state index in [1.165, 1.54) is 6.45 Å². The molecule has 0 spiro atoms. The molecule has 0 fully saturated rings. The second kappa shape index (κ2) is 8.66. The van der Waals surface area contributed by atoms with Crippen molar-refractivity contribution in [2.24, 2.45) is 0 Å². The Bertz CT molecular complexity index is 538. The molecule has 0 N–H and O–H groups in total. The summed E-state index contributed by atoms with van der Waals surface area (Å²) in [6.45, 7) is 0. The van der Waals surface area contributed by atoms with E-state index < -0.39 is 9.76 Å². The third-order valence-corrected chi connectivity index (χ3v) is 6.61. The minimum atomic E-state index is -2.28. The number of carboxylic acid groups (broad SMARTS) is 1. The second-order valence-corrected chi connectivity index (χ2v) is 10.6. The van der Waals surface area contributed by atoms with Gasteiger partial charge in [0.15, 0.2) is 3.57 Å². The molecule has 0 amide bonds. The van der Waals surface area contributed by atoms with Gasteiger partial charge in [0.1, 0.15) is 0 Å². The molecule has 0 bridgehead atoms. The molecule has 108 valence electrons. The van der Waals surface area contributed by atoms with Crippen molar-refractivity contribution in [1.29, 1.82) is 0 Å². The Labute approximate surface area is 150 Å². The summed E-state index contributed by atoms with van der Waals surface area (Å²) in [5.74, 6) is -1.71. The monoisotopic (exact) mass is 482 g/mol. The number of hydrogen-bond donors (Lipinski definition) is 0. The van der Waals surface area contributed by atoms with Gasteiger partial charge in [-0.05, 0) is 35.7 Å². The first-order valence-corrected chi connectivity index (χ1v) is 9.56. The normalized spacial score (nSPS) is 10.6. The van der Waals surface area contributed by atoms with Crippen molar-refractivity contribution in [3.05, 3.63) is 53.3 Å².